The molecule has 0 saturated carbocycles. The number of amides is 1. The van der Waals surface area contributed by atoms with Crippen LogP contribution in [0.25, 0.3) is 0 Å². The molecule has 1 aromatic rings. The number of nitrogens with zero attached hydrogens (tertiary/aromatic N) is 1. The van der Waals surface area contributed by atoms with Crippen LogP contribution in [0.2, 0.25) is 0 Å². The number of piperidine rings is 1. The standard InChI is InChI=1S/C18H28N2O3S/c1-4-16-7-5-6-12-20(16)18(21)10-11-19-24(22,23)17-9-8-14(2)15(3)13-17/h8-9,13,16,19H,4-7,10-12H2,1-3H3. The third-order valence-electron chi connectivity index (χ3n) is 4.84. The summed E-state index contributed by atoms with van der Waals surface area (Å²) in [5.74, 6) is 0.0457. The molecule has 134 valence electrons. The van der Waals surface area contributed by atoms with Gasteiger partial charge in [-0.05, 0) is 62.8 Å². The van der Waals surface area contributed by atoms with Crippen molar-refractivity contribution in [2.75, 3.05) is 13.1 Å². The summed E-state index contributed by atoms with van der Waals surface area (Å²) in [5.41, 5.74) is 1.99. The summed E-state index contributed by atoms with van der Waals surface area (Å²) in [6.45, 7) is 6.86. The number of carbonyl (C=O) groups excluding carboxylic acids is 1. The SMILES string of the molecule is CCC1CCCCN1C(=O)CCNS(=O)(=O)c1ccc(C)c(C)c1. The Bertz CT molecular complexity index is 686. The molecular weight excluding hydrogens is 324 g/mol. The lowest BCUT2D eigenvalue weighted by atomic mass is 9.99. The van der Waals surface area contributed by atoms with Gasteiger partial charge in [0.2, 0.25) is 15.9 Å². The first-order chi connectivity index (χ1) is 11.3. The van der Waals surface area contributed by atoms with Gasteiger partial charge in [0.25, 0.3) is 0 Å². The minimum absolute atomic E-state index is 0.0457. The minimum atomic E-state index is -3.57. The second-order valence-electron chi connectivity index (χ2n) is 6.54. The van der Waals surface area contributed by atoms with E-state index >= 15 is 0 Å². The van der Waals surface area contributed by atoms with Gasteiger partial charge < -0.3 is 4.90 Å². The second-order valence-corrected chi connectivity index (χ2v) is 8.31. The number of aryl methyl sites for hydroxylation is 2. The number of carbonyl (C=O) groups is 1. The first-order valence-electron chi connectivity index (χ1n) is 8.71. The topological polar surface area (TPSA) is 66.5 Å². The lowest BCUT2D eigenvalue weighted by molar-refractivity contribution is -0.134. The zero-order chi connectivity index (χ0) is 17.7. The van der Waals surface area contributed by atoms with E-state index in [-0.39, 0.29) is 23.8 Å². The van der Waals surface area contributed by atoms with Gasteiger partial charge in [-0.1, -0.05) is 13.0 Å². The summed E-state index contributed by atoms with van der Waals surface area (Å²) in [6.07, 6.45) is 4.43. The van der Waals surface area contributed by atoms with Gasteiger partial charge in [-0.2, -0.15) is 0 Å². The molecule has 0 aliphatic carbocycles. The fourth-order valence-corrected chi connectivity index (χ4v) is 4.27. The van der Waals surface area contributed by atoms with Gasteiger partial charge >= 0.3 is 0 Å². The van der Waals surface area contributed by atoms with Crippen molar-refractivity contribution >= 4 is 15.9 Å². The van der Waals surface area contributed by atoms with E-state index in [4.69, 9.17) is 0 Å². The highest BCUT2D eigenvalue weighted by molar-refractivity contribution is 7.89. The highest BCUT2D eigenvalue weighted by Crippen LogP contribution is 2.20. The van der Waals surface area contributed by atoms with Crippen LogP contribution in [-0.2, 0) is 14.8 Å². The van der Waals surface area contributed by atoms with Crippen molar-refractivity contribution in [3.63, 3.8) is 0 Å². The summed E-state index contributed by atoms with van der Waals surface area (Å²) in [6, 6.07) is 5.37. The van der Waals surface area contributed by atoms with E-state index < -0.39 is 10.0 Å². The van der Waals surface area contributed by atoms with Crippen molar-refractivity contribution in [1.29, 1.82) is 0 Å². The molecule has 1 aromatic carbocycles. The number of sulfonamides is 1. The molecule has 2 rings (SSSR count). The monoisotopic (exact) mass is 352 g/mol. The Morgan fingerprint density at radius 1 is 1.25 bits per heavy atom. The maximum atomic E-state index is 12.4. The molecule has 1 fully saturated rings. The normalized spacial score (nSPS) is 18.6. The summed E-state index contributed by atoms with van der Waals surface area (Å²) < 4.78 is 27.2. The number of nitrogens with one attached hydrogen (secondary N) is 1. The van der Waals surface area contributed by atoms with Crippen molar-refractivity contribution in [1.82, 2.24) is 9.62 Å². The summed E-state index contributed by atoms with van der Waals surface area (Å²) in [5, 5.41) is 0. The summed E-state index contributed by atoms with van der Waals surface area (Å²) in [7, 11) is -3.57. The molecule has 0 spiro atoms. The minimum Gasteiger partial charge on any atom is -0.340 e. The van der Waals surface area contributed by atoms with Crippen LogP contribution >= 0.6 is 0 Å². The molecule has 1 heterocycles. The Morgan fingerprint density at radius 3 is 2.67 bits per heavy atom. The second kappa shape index (κ2) is 8.12. The van der Waals surface area contributed by atoms with Crippen molar-refractivity contribution in [3.8, 4) is 0 Å². The molecule has 1 N–H and O–H groups in total. The van der Waals surface area contributed by atoms with Crippen LogP contribution in [0.15, 0.2) is 23.1 Å². The van der Waals surface area contributed by atoms with Crippen LogP contribution < -0.4 is 4.72 Å². The average molecular weight is 353 g/mol. The molecule has 0 bridgehead atoms. The van der Waals surface area contributed by atoms with Gasteiger partial charge in [-0.25, -0.2) is 13.1 Å². The van der Waals surface area contributed by atoms with Gasteiger partial charge in [-0.3, -0.25) is 4.79 Å². The van der Waals surface area contributed by atoms with E-state index in [1.807, 2.05) is 18.7 Å². The third-order valence-corrected chi connectivity index (χ3v) is 6.30. The molecular formula is C18H28N2O3S. The van der Waals surface area contributed by atoms with E-state index in [2.05, 4.69) is 11.6 Å². The number of rotatable bonds is 6. The Hall–Kier alpha value is -1.40. The molecule has 1 saturated heterocycles. The van der Waals surface area contributed by atoms with E-state index in [1.54, 1.807) is 18.2 Å². The molecule has 24 heavy (non-hydrogen) atoms. The highest BCUT2D eigenvalue weighted by atomic mass is 32.2. The Kier molecular flexibility index (Phi) is 6.40. The van der Waals surface area contributed by atoms with Crippen molar-refractivity contribution in [2.45, 2.75) is 63.8 Å². The lowest BCUT2D eigenvalue weighted by Gasteiger charge is -2.35. The molecule has 1 atom stereocenters. The van der Waals surface area contributed by atoms with Gasteiger partial charge in [0.1, 0.15) is 0 Å². The third kappa shape index (κ3) is 4.57. The highest BCUT2D eigenvalue weighted by Gasteiger charge is 2.25. The van der Waals surface area contributed by atoms with Crippen LogP contribution in [0, 0.1) is 13.8 Å². The summed E-state index contributed by atoms with van der Waals surface area (Å²) >= 11 is 0. The maximum absolute atomic E-state index is 12.4. The Morgan fingerprint density at radius 2 is 2.00 bits per heavy atom. The van der Waals surface area contributed by atoms with Crippen molar-refractivity contribution < 1.29 is 13.2 Å². The first kappa shape index (κ1) is 18.9. The van der Waals surface area contributed by atoms with Gasteiger partial charge in [0.05, 0.1) is 4.90 Å². The number of hydrogen-bond acceptors (Lipinski definition) is 3. The predicted octanol–water partition coefficient (Wildman–Crippen LogP) is 2.76. The Balaban J connectivity index is 1.92. The maximum Gasteiger partial charge on any atom is 0.240 e. The zero-order valence-electron chi connectivity index (χ0n) is 14.8. The molecule has 5 nitrogen and oxygen atoms in total. The van der Waals surface area contributed by atoms with Crippen molar-refractivity contribution in [2.24, 2.45) is 0 Å². The average Bonchev–Trinajstić information content (AvgIpc) is 2.56. The molecule has 1 aliphatic heterocycles. The molecule has 0 radical (unpaired) electrons. The van der Waals surface area contributed by atoms with Crippen LogP contribution in [0.5, 0.6) is 0 Å². The fraction of sp³-hybridized carbons (Fsp3) is 0.611. The molecule has 6 heteroatoms. The number of hydrogen-bond donors (Lipinski definition) is 1. The van der Waals surface area contributed by atoms with E-state index in [9.17, 15) is 13.2 Å². The first-order valence-corrected chi connectivity index (χ1v) is 10.2. The zero-order valence-corrected chi connectivity index (χ0v) is 15.7. The van der Waals surface area contributed by atoms with Crippen LogP contribution in [0.4, 0.5) is 0 Å². The molecule has 1 aliphatic rings. The number of likely N-dealkylation sites (tertiary alicyclic amines) is 1. The van der Waals surface area contributed by atoms with Gasteiger partial charge in [0.15, 0.2) is 0 Å². The fourth-order valence-electron chi connectivity index (χ4n) is 3.15. The predicted molar refractivity (Wildman–Crippen MR) is 95.4 cm³/mol. The number of benzene rings is 1. The van der Waals surface area contributed by atoms with Crippen LogP contribution in [0.1, 0.15) is 50.2 Å². The Labute approximate surface area is 145 Å². The summed E-state index contributed by atoms with van der Waals surface area (Å²) in [4.78, 5) is 14.6. The molecule has 0 aromatic heterocycles. The van der Waals surface area contributed by atoms with Crippen LogP contribution in [0.3, 0.4) is 0 Å². The largest absolute Gasteiger partial charge is 0.340 e. The molecule has 1 unspecified atom stereocenters. The van der Waals surface area contributed by atoms with Gasteiger partial charge in [0, 0.05) is 25.6 Å². The van der Waals surface area contributed by atoms with E-state index in [1.165, 1.54) is 6.42 Å². The lowest BCUT2D eigenvalue weighted by Crippen LogP contribution is -2.44. The van der Waals surface area contributed by atoms with Crippen LogP contribution in [-0.4, -0.2) is 38.4 Å². The smallest absolute Gasteiger partial charge is 0.240 e. The van der Waals surface area contributed by atoms with E-state index in [0.717, 1.165) is 36.9 Å². The van der Waals surface area contributed by atoms with Gasteiger partial charge in [-0.15, -0.1) is 0 Å². The quantitative estimate of drug-likeness (QED) is 0.856. The van der Waals surface area contributed by atoms with Crippen molar-refractivity contribution in [3.05, 3.63) is 29.3 Å². The molecule has 1 amide bonds. The van der Waals surface area contributed by atoms with E-state index in [0.29, 0.717) is 6.04 Å².